The Morgan fingerprint density at radius 1 is 1.07 bits per heavy atom. The highest BCUT2D eigenvalue weighted by molar-refractivity contribution is 7.91. The van der Waals surface area contributed by atoms with E-state index < -0.39 is 86.2 Å². The predicted molar refractivity (Wildman–Crippen MR) is 218 cm³/mol. The topological polar surface area (TPSA) is 195 Å². The average Bonchev–Trinajstić information content (AvgIpc) is 4.05. The molecule has 4 heterocycles. The van der Waals surface area contributed by atoms with Crippen LogP contribution >= 0.6 is 22.9 Å². The number of sulfonamides is 1. The molecule has 330 valence electrons. The summed E-state index contributed by atoms with van der Waals surface area (Å²) in [5.74, 6) is -2.45. The summed E-state index contributed by atoms with van der Waals surface area (Å²) in [6, 6.07) is 2.13. The molecule has 5 atom stereocenters. The number of amides is 4. The molecule has 0 unspecified atom stereocenters. The van der Waals surface area contributed by atoms with Crippen LogP contribution in [0, 0.1) is 5.92 Å². The minimum absolute atomic E-state index is 0.00312. The van der Waals surface area contributed by atoms with Crippen molar-refractivity contribution in [2.24, 2.45) is 5.92 Å². The molecule has 3 N–H and O–H groups in total. The Balaban J connectivity index is 1.25. The van der Waals surface area contributed by atoms with Crippen LogP contribution in [0.15, 0.2) is 35.7 Å². The molecule has 7 rings (SSSR count). The lowest BCUT2D eigenvalue weighted by Gasteiger charge is -2.30. The maximum Gasteiger partial charge on any atom is 0.434 e. The highest BCUT2D eigenvalue weighted by atomic mass is 35.5. The minimum atomic E-state index is -4.71. The van der Waals surface area contributed by atoms with E-state index in [0.29, 0.717) is 48.8 Å². The first-order chi connectivity index (χ1) is 28.7. The molecule has 61 heavy (non-hydrogen) atoms. The van der Waals surface area contributed by atoms with Crippen LogP contribution in [0.25, 0.3) is 21.6 Å². The Hall–Kier alpha value is -4.69. The quantitative estimate of drug-likeness (QED) is 0.215. The second kappa shape index (κ2) is 16.9. The van der Waals surface area contributed by atoms with Gasteiger partial charge in [-0.15, -0.1) is 11.3 Å². The largest absolute Gasteiger partial charge is 0.495 e. The third-order valence-corrected chi connectivity index (χ3v) is 14.0. The van der Waals surface area contributed by atoms with E-state index in [4.69, 9.17) is 25.8 Å². The number of carbonyl (C=O) groups is 4. The van der Waals surface area contributed by atoms with Crippen molar-refractivity contribution in [2.45, 2.75) is 119 Å². The van der Waals surface area contributed by atoms with E-state index in [-0.39, 0.29) is 58.5 Å². The third-order valence-electron chi connectivity index (χ3n) is 10.9. The standard InChI is InChI=1S/C40H46ClF3N6O9S2/c1-38(2,3)59-37(54)46-25-11-9-7-5-6-8-10-21-18-39(21,36(53)49-61(55,56)23-12-13-23)48-33(51)27-16-22(19-50(27)35(25)52)58-29-17-26(34-47-30(20-60-34)40(42,43)44)45-32-24(29)14-15-28(57-4)31(32)41/h8,10,14-15,17,20-23,25,27H,5-7,9,11-13,16,18-19H2,1-4H3,(H,46,54)(H,48,51)(H,49,53)/b10-8-/t21-,22-,25+,27+,39-/m1/s1. The number of nitrogens with one attached hydrogen (secondary N) is 3. The van der Waals surface area contributed by atoms with Gasteiger partial charge in [0.2, 0.25) is 21.8 Å². The number of aromatic nitrogens is 2. The highest BCUT2D eigenvalue weighted by Gasteiger charge is 2.62. The fourth-order valence-corrected chi connectivity index (χ4v) is 10.0. The van der Waals surface area contributed by atoms with Crippen molar-refractivity contribution in [3.8, 4) is 22.2 Å². The van der Waals surface area contributed by atoms with Crippen molar-refractivity contribution in [1.29, 1.82) is 0 Å². The Kier molecular flexibility index (Phi) is 12.3. The molecule has 15 nitrogen and oxygen atoms in total. The number of hydrogen-bond acceptors (Lipinski definition) is 12. The summed E-state index contributed by atoms with van der Waals surface area (Å²) in [7, 11) is -2.59. The van der Waals surface area contributed by atoms with Gasteiger partial charge in [0, 0.05) is 29.2 Å². The number of nitrogens with zero attached hydrogens (tertiary/aromatic N) is 3. The molecule has 4 amide bonds. The van der Waals surface area contributed by atoms with Gasteiger partial charge >= 0.3 is 12.3 Å². The first-order valence-electron chi connectivity index (χ1n) is 19.9. The number of ether oxygens (including phenoxy) is 3. The zero-order chi connectivity index (χ0) is 44.1. The summed E-state index contributed by atoms with van der Waals surface area (Å²) >= 11 is 7.39. The number of allylic oxidation sites excluding steroid dienone is 1. The monoisotopic (exact) mass is 910 g/mol. The van der Waals surface area contributed by atoms with Gasteiger partial charge in [-0.1, -0.05) is 36.6 Å². The van der Waals surface area contributed by atoms with Gasteiger partial charge in [-0.05, 0) is 71.4 Å². The van der Waals surface area contributed by atoms with Crippen LogP contribution in [0.1, 0.15) is 84.3 Å². The van der Waals surface area contributed by atoms with E-state index in [1.165, 1.54) is 18.1 Å². The van der Waals surface area contributed by atoms with Crippen molar-refractivity contribution in [3.63, 3.8) is 0 Å². The van der Waals surface area contributed by atoms with Gasteiger partial charge in [0.1, 0.15) is 56.6 Å². The van der Waals surface area contributed by atoms with Crippen molar-refractivity contribution < 1.29 is 55.0 Å². The maximum atomic E-state index is 14.6. The van der Waals surface area contributed by atoms with Crippen molar-refractivity contribution >= 4 is 67.7 Å². The predicted octanol–water partition coefficient (Wildman–Crippen LogP) is 6.28. The molecule has 1 saturated heterocycles. The molecule has 2 aliphatic carbocycles. The van der Waals surface area contributed by atoms with Crippen LogP contribution < -0.4 is 24.8 Å². The number of benzene rings is 1. The summed E-state index contributed by atoms with van der Waals surface area (Å²) < 4.78 is 86.1. The van der Waals surface area contributed by atoms with Gasteiger partial charge in [-0.25, -0.2) is 23.2 Å². The van der Waals surface area contributed by atoms with E-state index in [1.54, 1.807) is 39.0 Å². The average molecular weight is 911 g/mol. The number of rotatable bonds is 8. The molecular formula is C40H46ClF3N6O9S2. The molecule has 1 aromatic carbocycles. The molecule has 0 spiro atoms. The molecule has 21 heteroatoms. The normalized spacial score (nSPS) is 25.6. The highest BCUT2D eigenvalue weighted by Crippen LogP contribution is 2.46. The first-order valence-corrected chi connectivity index (χ1v) is 22.7. The number of alkyl halides is 3. The molecule has 2 saturated carbocycles. The summed E-state index contributed by atoms with van der Waals surface area (Å²) in [4.78, 5) is 65.6. The van der Waals surface area contributed by atoms with Crippen LogP contribution in [-0.4, -0.2) is 95.3 Å². The smallest absolute Gasteiger partial charge is 0.434 e. The van der Waals surface area contributed by atoms with Gasteiger partial charge in [-0.3, -0.25) is 19.1 Å². The number of fused-ring (bicyclic) bond motifs is 3. The number of pyridine rings is 1. The van der Waals surface area contributed by atoms with Gasteiger partial charge in [-0.2, -0.15) is 13.2 Å². The molecule has 2 aliphatic heterocycles. The van der Waals surface area contributed by atoms with Gasteiger partial charge in [0.25, 0.3) is 5.91 Å². The summed E-state index contributed by atoms with van der Waals surface area (Å²) in [5.41, 5.74) is -3.49. The number of methoxy groups -OCH3 is 1. The zero-order valence-corrected chi connectivity index (χ0v) is 36.2. The van der Waals surface area contributed by atoms with Crippen molar-refractivity contribution in [2.75, 3.05) is 13.7 Å². The zero-order valence-electron chi connectivity index (χ0n) is 33.8. The van der Waals surface area contributed by atoms with Crippen molar-refractivity contribution in [1.82, 2.24) is 30.2 Å². The van der Waals surface area contributed by atoms with E-state index in [0.717, 1.165) is 11.8 Å². The van der Waals surface area contributed by atoms with Crippen LogP contribution in [0.2, 0.25) is 5.02 Å². The van der Waals surface area contributed by atoms with E-state index in [1.807, 2.05) is 6.08 Å². The summed E-state index contributed by atoms with van der Waals surface area (Å²) in [6.07, 6.45) is 0.752. The second-order valence-corrected chi connectivity index (χ2v) is 19.9. The van der Waals surface area contributed by atoms with Crippen LogP contribution in [0.5, 0.6) is 11.5 Å². The SMILES string of the molecule is COc1ccc2c(O[C@@H]3C[C@H]4C(=O)N[C@]5(C(=O)NS(=O)(=O)C6CC6)C[C@H]5/C=C\CCCCC[C@H](NC(=O)OC(C)(C)C)C(=O)N4C3)cc(-c3nc(C(F)(F)F)cs3)nc2c1Cl. The fourth-order valence-electron chi connectivity index (χ4n) is 7.57. The van der Waals surface area contributed by atoms with E-state index in [9.17, 15) is 40.8 Å². The Morgan fingerprint density at radius 3 is 2.49 bits per heavy atom. The molecule has 0 bridgehead atoms. The molecule has 4 aliphatic rings. The maximum absolute atomic E-state index is 14.6. The summed E-state index contributed by atoms with van der Waals surface area (Å²) in [5, 5.41) is 5.96. The lowest BCUT2D eigenvalue weighted by Crippen LogP contribution is -2.58. The Bertz CT molecular complexity index is 2370. The summed E-state index contributed by atoms with van der Waals surface area (Å²) in [6.45, 7) is 4.82. The van der Waals surface area contributed by atoms with Crippen LogP contribution in [0.4, 0.5) is 18.0 Å². The lowest BCUT2D eigenvalue weighted by molar-refractivity contribution is -0.141. The number of thiazole rings is 1. The first kappa shape index (κ1) is 44.4. The number of halogens is 4. The Labute approximate surface area is 359 Å². The van der Waals surface area contributed by atoms with Crippen LogP contribution in [-0.2, 0) is 35.3 Å². The van der Waals surface area contributed by atoms with E-state index >= 15 is 0 Å². The van der Waals surface area contributed by atoms with Gasteiger partial charge in [0.15, 0.2) is 5.69 Å². The van der Waals surface area contributed by atoms with Gasteiger partial charge < -0.3 is 29.7 Å². The Morgan fingerprint density at radius 2 is 1.82 bits per heavy atom. The number of alkyl carbamates (subject to hydrolysis) is 1. The second-order valence-electron chi connectivity index (χ2n) is 16.7. The van der Waals surface area contributed by atoms with Crippen LogP contribution in [0.3, 0.4) is 0 Å². The van der Waals surface area contributed by atoms with Gasteiger partial charge in [0.05, 0.1) is 24.4 Å². The molecule has 3 fully saturated rings. The fraction of sp³-hybridized carbons (Fsp3) is 0.550. The lowest BCUT2D eigenvalue weighted by atomic mass is 10.0. The minimum Gasteiger partial charge on any atom is -0.495 e. The molecule has 0 radical (unpaired) electrons. The molecule has 2 aromatic heterocycles. The third kappa shape index (κ3) is 9.85. The molecule has 3 aromatic rings. The number of carbonyl (C=O) groups excluding carboxylic acids is 4. The van der Waals surface area contributed by atoms with Crippen molar-refractivity contribution in [3.05, 3.63) is 46.4 Å². The number of hydrogen-bond donors (Lipinski definition) is 3. The molecular weight excluding hydrogens is 865 g/mol. The van der Waals surface area contributed by atoms with E-state index in [2.05, 4.69) is 25.3 Å².